The van der Waals surface area contributed by atoms with Gasteiger partial charge < -0.3 is 5.48 Å². The van der Waals surface area contributed by atoms with Gasteiger partial charge >= 0.3 is 83.0 Å². The van der Waals surface area contributed by atoms with Crippen LogP contribution in [0.1, 0.15) is 16.2 Å². The second-order valence-electron chi connectivity index (χ2n) is 9.06. The summed E-state index contributed by atoms with van der Waals surface area (Å²) in [6.07, 6.45) is 3.47. The monoisotopic (exact) mass is 757 g/mol. The van der Waals surface area contributed by atoms with E-state index in [4.69, 9.17) is 0 Å². The molecule has 4 aromatic heterocycles. The molecule has 0 amide bonds. The summed E-state index contributed by atoms with van der Waals surface area (Å²) in [5, 5.41) is 3.87. The molecule has 0 aliphatic heterocycles. The van der Waals surface area contributed by atoms with Crippen molar-refractivity contribution in [1.82, 2.24) is 19.9 Å². The summed E-state index contributed by atoms with van der Waals surface area (Å²) in [7, 11) is -21.3. The zero-order chi connectivity index (χ0) is 32.9. The predicted molar refractivity (Wildman–Crippen MR) is 148 cm³/mol. The Morgan fingerprint density at radius 2 is 0.717 bits per heavy atom. The minimum Gasteiger partial charge on any atom is -0.412 e. The molecule has 46 heavy (non-hydrogen) atoms. The van der Waals surface area contributed by atoms with Crippen molar-refractivity contribution in [3.63, 3.8) is 0 Å². The Morgan fingerprint density at radius 3 is 1.02 bits per heavy atom. The maximum absolute atomic E-state index is 13.2. The molecule has 0 spiro atoms. The van der Waals surface area contributed by atoms with Crippen LogP contribution in [0.2, 0.25) is 0 Å². The van der Waals surface area contributed by atoms with Crippen LogP contribution in [0.3, 0.4) is 0 Å². The van der Waals surface area contributed by atoms with Gasteiger partial charge in [0.25, 0.3) is 0 Å². The number of carbonyl (C=O) groups excluding carboxylic acids is 1. The standard InChI is InChI=1S/C25H14N4O.Cu.2F6P.H2O/c30-25(19-11-9-17-7-5-15-3-1-13-26-21(15)23(17)28-19)20-12-10-18-8-6-16-4-2-14-27-22(16)24(18)29-20;;2*1-7(2,3,4,5)6;/h1-14H;;;;1H2/q;+2;2*-1;. The number of fused-ring (bicyclic) bond motifs is 6. The average molecular weight is 758 g/mol. The Hall–Kier alpha value is -3.75. The number of aromatic nitrogens is 4. The van der Waals surface area contributed by atoms with Crippen LogP contribution in [0.4, 0.5) is 50.4 Å². The zero-order valence-corrected chi connectivity index (χ0v) is 24.7. The van der Waals surface area contributed by atoms with Crippen LogP contribution in [-0.2, 0) is 17.1 Å². The van der Waals surface area contributed by atoms with Crippen molar-refractivity contribution in [2.75, 3.05) is 0 Å². The molecule has 2 N–H and O–H groups in total. The van der Waals surface area contributed by atoms with Crippen LogP contribution in [0, 0.1) is 0 Å². The molecule has 6 nitrogen and oxygen atoms in total. The van der Waals surface area contributed by atoms with Gasteiger partial charge in [0, 0.05) is 33.9 Å². The number of rotatable bonds is 2. The van der Waals surface area contributed by atoms with Crippen molar-refractivity contribution < 1.29 is 77.7 Å². The number of nitrogens with zero attached hydrogens (tertiary/aromatic N) is 4. The minimum atomic E-state index is -10.7. The van der Waals surface area contributed by atoms with E-state index >= 15 is 0 Å². The fraction of sp³-hybridized carbons (Fsp3) is 0. The van der Waals surface area contributed by atoms with Crippen LogP contribution in [0.25, 0.3) is 43.6 Å². The number of hydrogen-bond acceptors (Lipinski definition) is 5. The van der Waals surface area contributed by atoms with Gasteiger partial charge in [0.15, 0.2) is 0 Å². The quantitative estimate of drug-likeness (QED) is 0.0575. The van der Waals surface area contributed by atoms with Gasteiger partial charge in [-0.25, -0.2) is 9.97 Å². The Kier molecular flexibility index (Phi) is 9.36. The Morgan fingerprint density at radius 1 is 0.457 bits per heavy atom. The number of carbonyl (C=O) groups is 1. The first-order valence-electron chi connectivity index (χ1n) is 11.6. The largest absolute Gasteiger partial charge is 2.00 e. The molecule has 0 unspecified atom stereocenters. The molecule has 21 heteroatoms. The Labute approximate surface area is 259 Å². The van der Waals surface area contributed by atoms with E-state index < -0.39 is 15.6 Å². The first kappa shape index (κ1) is 38.4. The molecule has 0 aliphatic rings. The van der Waals surface area contributed by atoms with Crippen LogP contribution in [0.15, 0.2) is 85.2 Å². The van der Waals surface area contributed by atoms with Crippen LogP contribution in [-0.4, -0.2) is 31.2 Å². The summed E-state index contributed by atoms with van der Waals surface area (Å²) >= 11 is 0. The summed E-state index contributed by atoms with van der Waals surface area (Å²) in [5.74, 6) is -0.223. The molecule has 4 heterocycles. The van der Waals surface area contributed by atoms with E-state index in [1.54, 1.807) is 24.5 Å². The molecule has 1 radical (unpaired) electrons. The zero-order valence-electron chi connectivity index (χ0n) is 22.0. The average Bonchev–Trinajstić information content (AvgIpc) is 2.88. The van der Waals surface area contributed by atoms with E-state index in [0.717, 1.165) is 32.6 Å². The van der Waals surface area contributed by atoms with E-state index in [2.05, 4.69) is 19.9 Å². The van der Waals surface area contributed by atoms with Crippen molar-refractivity contribution in [2.45, 2.75) is 0 Å². The molecule has 2 aromatic carbocycles. The molecule has 0 aliphatic carbocycles. The van der Waals surface area contributed by atoms with Gasteiger partial charge in [0.1, 0.15) is 11.4 Å². The SMILES string of the molecule is F[P-](F)(F)(F)(F)F.F[P-](F)(F)(F)(F)F.O.O=C(c1ccc2ccc3cccnc3c2n1)c1ccc2ccc3cccnc3c2n1.[Cu+2]. The summed E-state index contributed by atoms with van der Waals surface area (Å²) in [6, 6.07) is 23.1. The summed E-state index contributed by atoms with van der Waals surface area (Å²) in [4.78, 5) is 31.5. The van der Waals surface area contributed by atoms with Crippen molar-refractivity contribution in [3.8, 4) is 0 Å². The van der Waals surface area contributed by atoms with Crippen LogP contribution >= 0.6 is 15.6 Å². The molecule has 253 valence electrons. The van der Waals surface area contributed by atoms with Gasteiger partial charge in [-0.15, -0.1) is 0 Å². The van der Waals surface area contributed by atoms with E-state index in [-0.39, 0.29) is 28.3 Å². The van der Waals surface area contributed by atoms with Crippen molar-refractivity contribution in [2.24, 2.45) is 0 Å². The first-order valence-corrected chi connectivity index (χ1v) is 15.7. The predicted octanol–water partition coefficient (Wildman–Crippen LogP) is 11.0. The van der Waals surface area contributed by atoms with Gasteiger partial charge in [-0.1, -0.05) is 48.5 Å². The second-order valence-corrected chi connectivity index (χ2v) is 12.9. The van der Waals surface area contributed by atoms with Crippen molar-refractivity contribution >= 4 is 65.0 Å². The van der Waals surface area contributed by atoms with Gasteiger partial charge in [-0.3, -0.25) is 14.8 Å². The summed E-state index contributed by atoms with van der Waals surface area (Å²) in [5.41, 5.74) is 3.69. The van der Waals surface area contributed by atoms with Crippen LogP contribution < -0.4 is 0 Å². The van der Waals surface area contributed by atoms with E-state index in [1.165, 1.54) is 0 Å². The molecule has 0 fully saturated rings. The molecule has 0 bridgehead atoms. The van der Waals surface area contributed by atoms with E-state index in [1.807, 2.05) is 60.7 Å². The van der Waals surface area contributed by atoms with Crippen molar-refractivity contribution in [3.05, 3.63) is 96.6 Å². The van der Waals surface area contributed by atoms with E-state index in [9.17, 15) is 55.2 Å². The molecular formula is C25H16CuF12N4O2P2. The fourth-order valence-electron chi connectivity index (χ4n) is 3.83. The number of ketones is 1. The van der Waals surface area contributed by atoms with Crippen molar-refractivity contribution in [1.29, 1.82) is 0 Å². The maximum Gasteiger partial charge on any atom is 2.00 e. The number of benzene rings is 2. The normalized spacial score (nSPS) is 14.5. The van der Waals surface area contributed by atoms with Gasteiger partial charge in [-0.05, 0) is 24.3 Å². The third-order valence-electron chi connectivity index (χ3n) is 5.33. The summed E-state index contributed by atoms with van der Waals surface area (Å²) in [6.45, 7) is 0. The third-order valence-corrected chi connectivity index (χ3v) is 5.33. The molecule has 6 rings (SSSR count). The number of halogens is 12. The Balaban J connectivity index is 0.000000391. The maximum atomic E-state index is 13.2. The molecule has 0 saturated carbocycles. The topological polar surface area (TPSA) is 100 Å². The molecule has 0 saturated heterocycles. The first-order chi connectivity index (χ1) is 19.7. The van der Waals surface area contributed by atoms with E-state index in [0.29, 0.717) is 22.4 Å². The smallest absolute Gasteiger partial charge is 0.412 e. The third kappa shape index (κ3) is 12.6. The molecular weight excluding hydrogens is 742 g/mol. The molecule has 0 atom stereocenters. The van der Waals surface area contributed by atoms with Gasteiger partial charge in [-0.2, -0.15) is 0 Å². The van der Waals surface area contributed by atoms with Gasteiger partial charge in [0.05, 0.1) is 22.1 Å². The minimum absolute atomic E-state index is 0. The van der Waals surface area contributed by atoms with Gasteiger partial charge in [0.2, 0.25) is 5.78 Å². The number of hydrogen-bond donors (Lipinski definition) is 0. The Bertz CT molecular complexity index is 1930. The fourth-order valence-corrected chi connectivity index (χ4v) is 3.83. The molecule has 6 aromatic rings. The number of pyridine rings is 4. The van der Waals surface area contributed by atoms with Crippen LogP contribution in [0.5, 0.6) is 0 Å². The second kappa shape index (κ2) is 11.2. The summed E-state index contributed by atoms with van der Waals surface area (Å²) < 4.78 is 118.